The fraction of sp³-hybridized carbons (Fsp3) is 0.267. The molecule has 10 heteroatoms. The van der Waals surface area contributed by atoms with Crippen molar-refractivity contribution < 1.29 is 19.1 Å². The van der Waals surface area contributed by atoms with E-state index in [4.69, 9.17) is 16.3 Å². The van der Waals surface area contributed by atoms with E-state index >= 15 is 0 Å². The Morgan fingerprint density at radius 2 is 1.70 bits per heavy atom. The third-order valence-electron chi connectivity index (χ3n) is 5.58. The molecule has 3 aromatic rings. The summed E-state index contributed by atoms with van der Waals surface area (Å²) in [7, 11) is 3.75. The fourth-order valence-electron chi connectivity index (χ4n) is 3.72. The molecule has 0 saturated carbocycles. The number of aldehydes is 1. The van der Waals surface area contributed by atoms with Crippen LogP contribution in [-0.4, -0.2) is 40.7 Å². The standard InChI is InChI=1S/C18H19ClN4O.C12H15NO3/c1-20-17-11-16(22-23(17)2)12-7-9-13(10-8-12)21-18(24)14-5-3-4-6-15(14)19;1-12(2,3)16-11(15)13-10-6-4-5-9(7-10)8-14/h5-11,20H,3-4H2,1-2H3,(H,21,24);4-8H,1-3H3,(H,13,15). The van der Waals surface area contributed by atoms with Crippen LogP contribution in [0.3, 0.4) is 0 Å². The van der Waals surface area contributed by atoms with Crippen molar-refractivity contribution in [1.29, 1.82) is 0 Å². The number of rotatable bonds is 6. The first kappa shape index (κ1) is 30.2. The number of amides is 2. The van der Waals surface area contributed by atoms with Crippen LogP contribution in [0.15, 0.2) is 77.4 Å². The Bertz CT molecular complexity index is 1420. The van der Waals surface area contributed by atoms with Gasteiger partial charge in [-0.25, -0.2) is 4.79 Å². The summed E-state index contributed by atoms with van der Waals surface area (Å²) in [6, 6.07) is 16.2. The van der Waals surface area contributed by atoms with Crippen LogP contribution in [0, 0.1) is 0 Å². The van der Waals surface area contributed by atoms with Crippen LogP contribution in [-0.2, 0) is 16.6 Å². The Morgan fingerprint density at radius 3 is 2.30 bits per heavy atom. The second-order valence-electron chi connectivity index (χ2n) is 9.94. The average Bonchev–Trinajstić information content (AvgIpc) is 3.29. The van der Waals surface area contributed by atoms with Crippen molar-refractivity contribution in [3.63, 3.8) is 0 Å². The molecule has 2 amide bonds. The minimum Gasteiger partial charge on any atom is -0.444 e. The largest absolute Gasteiger partial charge is 0.444 e. The van der Waals surface area contributed by atoms with Crippen molar-refractivity contribution in [2.75, 3.05) is 23.0 Å². The third kappa shape index (κ3) is 8.84. The van der Waals surface area contributed by atoms with Gasteiger partial charge in [0.05, 0.1) is 11.3 Å². The second kappa shape index (κ2) is 13.6. The van der Waals surface area contributed by atoms with Crippen molar-refractivity contribution in [3.05, 3.63) is 82.9 Å². The first-order valence-electron chi connectivity index (χ1n) is 12.7. The van der Waals surface area contributed by atoms with E-state index in [0.29, 0.717) is 21.9 Å². The van der Waals surface area contributed by atoms with Gasteiger partial charge >= 0.3 is 6.09 Å². The zero-order chi connectivity index (χ0) is 29.3. The highest BCUT2D eigenvalue weighted by Crippen LogP contribution is 2.25. The number of allylic oxidation sites excluding steroid dienone is 2. The van der Waals surface area contributed by atoms with Crippen molar-refractivity contribution in [2.24, 2.45) is 7.05 Å². The van der Waals surface area contributed by atoms with E-state index in [-0.39, 0.29) is 5.91 Å². The van der Waals surface area contributed by atoms with E-state index in [2.05, 4.69) is 21.0 Å². The summed E-state index contributed by atoms with van der Waals surface area (Å²) in [6.07, 6.45) is 5.66. The molecule has 0 bridgehead atoms. The molecule has 3 N–H and O–H groups in total. The SMILES string of the molecule is CC(C)(C)OC(=O)Nc1cccc(C=O)c1.CNc1cc(-c2ccc(NC(=O)C3=CCCC=C3Cl)cc2)nn1C. The van der Waals surface area contributed by atoms with Crippen LogP contribution in [0.25, 0.3) is 11.3 Å². The highest BCUT2D eigenvalue weighted by molar-refractivity contribution is 6.36. The number of carbonyl (C=O) groups is 3. The summed E-state index contributed by atoms with van der Waals surface area (Å²) >= 11 is 6.10. The molecular weight excluding hydrogens is 530 g/mol. The minimum atomic E-state index is -0.535. The molecule has 0 atom stereocenters. The van der Waals surface area contributed by atoms with Crippen molar-refractivity contribution >= 4 is 47.1 Å². The summed E-state index contributed by atoms with van der Waals surface area (Å²) < 4.78 is 6.86. The van der Waals surface area contributed by atoms with Crippen molar-refractivity contribution in [2.45, 2.75) is 39.2 Å². The summed E-state index contributed by atoms with van der Waals surface area (Å²) in [6.45, 7) is 5.36. The van der Waals surface area contributed by atoms with Crippen molar-refractivity contribution in [3.8, 4) is 11.3 Å². The lowest BCUT2D eigenvalue weighted by Crippen LogP contribution is -2.27. The maximum absolute atomic E-state index is 12.3. The van der Waals surface area contributed by atoms with E-state index in [1.807, 2.05) is 56.6 Å². The number of nitrogens with one attached hydrogen (secondary N) is 3. The molecule has 1 aromatic heterocycles. The van der Waals surface area contributed by atoms with Gasteiger partial charge in [-0.15, -0.1) is 0 Å². The molecule has 0 unspecified atom stereocenters. The summed E-state index contributed by atoms with van der Waals surface area (Å²) in [5.41, 5.74) is 3.64. The number of ether oxygens (including phenoxy) is 1. The molecule has 0 aliphatic heterocycles. The monoisotopic (exact) mass is 563 g/mol. The predicted molar refractivity (Wildman–Crippen MR) is 160 cm³/mol. The zero-order valence-corrected chi connectivity index (χ0v) is 24.0. The molecular formula is C30H34ClN5O4. The minimum absolute atomic E-state index is 0.181. The topological polar surface area (TPSA) is 114 Å². The van der Waals surface area contributed by atoms with E-state index in [9.17, 15) is 14.4 Å². The molecule has 2 aromatic carbocycles. The van der Waals surface area contributed by atoms with E-state index in [1.165, 1.54) is 0 Å². The molecule has 1 aliphatic carbocycles. The molecule has 0 fully saturated rings. The number of carbonyl (C=O) groups excluding carboxylic acids is 3. The number of nitrogens with zero attached hydrogens (tertiary/aromatic N) is 2. The number of anilines is 3. The van der Waals surface area contributed by atoms with Crippen LogP contribution >= 0.6 is 11.6 Å². The average molecular weight is 564 g/mol. The molecule has 0 saturated heterocycles. The molecule has 1 aliphatic rings. The summed E-state index contributed by atoms with van der Waals surface area (Å²) in [5.74, 6) is 0.757. The van der Waals surface area contributed by atoms with Gasteiger partial charge < -0.3 is 15.4 Å². The number of aryl methyl sites for hydroxylation is 1. The number of halogens is 1. The Kier molecular flexibility index (Phi) is 10.3. The van der Waals surface area contributed by atoms with Crippen LogP contribution < -0.4 is 16.0 Å². The maximum atomic E-state index is 12.3. The smallest absolute Gasteiger partial charge is 0.412 e. The molecule has 9 nitrogen and oxygen atoms in total. The quantitative estimate of drug-likeness (QED) is 0.286. The Labute approximate surface area is 239 Å². The normalized spacial score (nSPS) is 12.7. The van der Waals surface area contributed by atoms with Gasteiger partial charge in [0, 0.05) is 47.7 Å². The molecule has 1 heterocycles. The lowest BCUT2D eigenvalue weighted by atomic mass is 10.1. The van der Waals surface area contributed by atoms with Crippen LogP contribution in [0.2, 0.25) is 0 Å². The van der Waals surface area contributed by atoms with Crippen molar-refractivity contribution in [1.82, 2.24) is 9.78 Å². The van der Waals surface area contributed by atoms with Crippen LogP contribution in [0.5, 0.6) is 0 Å². The van der Waals surface area contributed by atoms with Gasteiger partial charge in [0.25, 0.3) is 5.91 Å². The fourth-order valence-corrected chi connectivity index (χ4v) is 3.99. The first-order valence-corrected chi connectivity index (χ1v) is 13.1. The molecule has 40 heavy (non-hydrogen) atoms. The Morgan fingerprint density at radius 1 is 1.00 bits per heavy atom. The number of benzene rings is 2. The van der Waals surface area contributed by atoms with Crippen LogP contribution in [0.4, 0.5) is 22.0 Å². The molecule has 4 rings (SSSR count). The van der Waals surface area contributed by atoms with Gasteiger partial charge in [-0.1, -0.05) is 48.0 Å². The highest BCUT2D eigenvalue weighted by Gasteiger charge is 2.17. The Hall–Kier alpha value is -4.37. The predicted octanol–water partition coefficient (Wildman–Crippen LogP) is 6.76. The number of hydrogen-bond donors (Lipinski definition) is 3. The third-order valence-corrected chi connectivity index (χ3v) is 5.94. The zero-order valence-electron chi connectivity index (χ0n) is 23.2. The molecule has 210 valence electrons. The summed E-state index contributed by atoms with van der Waals surface area (Å²) in [4.78, 5) is 34.2. The van der Waals surface area contributed by atoms with Gasteiger partial charge in [-0.2, -0.15) is 5.10 Å². The lowest BCUT2D eigenvalue weighted by Gasteiger charge is -2.19. The van der Waals surface area contributed by atoms with E-state index < -0.39 is 11.7 Å². The number of hydrogen-bond acceptors (Lipinski definition) is 6. The number of aromatic nitrogens is 2. The molecule has 0 spiro atoms. The van der Waals surface area contributed by atoms with Gasteiger partial charge in [0.1, 0.15) is 17.7 Å². The van der Waals surface area contributed by atoms with E-state index in [1.54, 1.807) is 49.7 Å². The Balaban J connectivity index is 0.000000241. The van der Waals surface area contributed by atoms with Gasteiger partial charge in [0.15, 0.2) is 0 Å². The molecule has 0 radical (unpaired) electrons. The van der Waals surface area contributed by atoms with Crippen LogP contribution in [0.1, 0.15) is 44.0 Å². The first-order chi connectivity index (χ1) is 19.0. The van der Waals surface area contributed by atoms with Gasteiger partial charge in [-0.05, 0) is 57.9 Å². The second-order valence-corrected chi connectivity index (χ2v) is 10.3. The lowest BCUT2D eigenvalue weighted by molar-refractivity contribution is -0.112. The van der Waals surface area contributed by atoms with Gasteiger partial charge in [0.2, 0.25) is 0 Å². The van der Waals surface area contributed by atoms with Gasteiger partial charge in [-0.3, -0.25) is 19.6 Å². The maximum Gasteiger partial charge on any atom is 0.412 e. The van der Waals surface area contributed by atoms with E-state index in [0.717, 1.165) is 41.9 Å². The highest BCUT2D eigenvalue weighted by atomic mass is 35.5. The summed E-state index contributed by atoms with van der Waals surface area (Å²) in [5, 5.41) is 13.5.